The van der Waals surface area contributed by atoms with Crippen LogP contribution in [-0.2, 0) is 20.2 Å². The molecule has 0 atom stereocenters. The van der Waals surface area contributed by atoms with Gasteiger partial charge in [0.2, 0.25) is 0 Å². The van der Waals surface area contributed by atoms with Gasteiger partial charge in [0.25, 0.3) is 0 Å². The first-order valence-corrected chi connectivity index (χ1v) is 21.8. The molecule has 0 unspecified atom stereocenters. The number of fused-ring (bicyclic) bond motifs is 4. The zero-order chi connectivity index (χ0) is 47.9. The predicted octanol–water partition coefficient (Wildman–Crippen LogP) is 11.2. The highest BCUT2D eigenvalue weighted by atomic mass is 32.2. The van der Waals surface area contributed by atoms with E-state index >= 15 is 0 Å². The number of methoxy groups -OCH3 is 4. The fourth-order valence-electron chi connectivity index (χ4n) is 7.32. The molecule has 2 N–H and O–H groups in total. The Morgan fingerprint density at radius 3 is 0.894 bits per heavy atom. The molecule has 0 aromatic heterocycles. The SMILES string of the molecule is COc1cc2ccccc2c(-c2c(O)c(OC)cc3ccccc23)c1O.COc1cc2ccccc2c(-c2c(OS(=O)(=O)C(F)(F)F)c(OC)cc3ccccc23)c1OS(=O)(=O)C(F)(F)F. The Labute approximate surface area is 371 Å². The molecule has 8 aromatic carbocycles. The summed E-state index contributed by atoms with van der Waals surface area (Å²) in [5, 5.41) is 25.6. The lowest BCUT2D eigenvalue weighted by Crippen LogP contribution is -2.29. The Kier molecular flexibility index (Phi) is 12.4. The largest absolute Gasteiger partial charge is 0.534 e. The van der Waals surface area contributed by atoms with Crippen LogP contribution in [0.2, 0.25) is 0 Å². The lowest BCUT2D eigenvalue weighted by atomic mass is 9.91. The molecule has 12 nitrogen and oxygen atoms in total. The zero-order valence-corrected chi connectivity index (χ0v) is 36.2. The quantitative estimate of drug-likeness (QED) is 0.0758. The van der Waals surface area contributed by atoms with Gasteiger partial charge in [-0.3, -0.25) is 0 Å². The summed E-state index contributed by atoms with van der Waals surface area (Å²) in [6, 6.07) is 32.5. The number of aromatic hydroxyl groups is 2. The third-order valence-corrected chi connectivity index (χ3v) is 12.1. The van der Waals surface area contributed by atoms with Crippen LogP contribution in [0.4, 0.5) is 26.3 Å². The fraction of sp³-hybridized carbons (Fsp3) is 0.130. The van der Waals surface area contributed by atoms with Gasteiger partial charge in [-0.1, -0.05) is 97.1 Å². The summed E-state index contributed by atoms with van der Waals surface area (Å²) in [5.74, 6) is -2.65. The number of benzene rings is 8. The van der Waals surface area contributed by atoms with Crippen LogP contribution >= 0.6 is 0 Å². The second kappa shape index (κ2) is 17.6. The second-order valence-electron chi connectivity index (χ2n) is 14.0. The maximum absolute atomic E-state index is 13.4. The van der Waals surface area contributed by atoms with Crippen LogP contribution in [0.25, 0.3) is 65.3 Å². The molecule has 8 rings (SSSR count). The third kappa shape index (κ3) is 8.39. The summed E-state index contributed by atoms with van der Waals surface area (Å²) >= 11 is 0. The van der Waals surface area contributed by atoms with Crippen LogP contribution in [0.1, 0.15) is 0 Å². The first-order valence-electron chi connectivity index (χ1n) is 19.0. The summed E-state index contributed by atoms with van der Waals surface area (Å²) in [6.45, 7) is 0. The highest BCUT2D eigenvalue weighted by molar-refractivity contribution is 7.88. The Hall–Kier alpha value is -7.32. The molecule has 344 valence electrons. The first kappa shape index (κ1) is 46.7. The molecule has 0 radical (unpaired) electrons. The summed E-state index contributed by atoms with van der Waals surface area (Å²) in [4.78, 5) is 0. The van der Waals surface area contributed by atoms with E-state index in [9.17, 15) is 53.4 Å². The average molecular weight is 957 g/mol. The molecule has 0 spiro atoms. The van der Waals surface area contributed by atoms with E-state index in [0.29, 0.717) is 22.6 Å². The van der Waals surface area contributed by atoms with E-state index < -0.39 is 65.4 Å². The van der Waals surface area contributed by atoms with Crippen molar-refractivity contribution in [2.75, 3.05) is 28.4 Å². The van der Waals surface area contributed by atoms with E-state index in [-0.39, 0.29) is 33.0 Å². The standard InChI is InChI=1S/C24H16F6O8S2.C22H18O4/c1-35-17-11-13-7-3-5-9-15(13)19(21(17)37-39(31,32)23(25,26)27)20-16-10-6-4-8-14(16)12-18(36-2)22(20)38-40(33,34)24(28,29)30;1-25-17-11-13-7-3-5-9-15(13)19(21(17)23)20-16-10-6-4-8-14(16)12-18(26-2)22(20)24/h3-12H,1-2H3;3-12,23-24H,1-2H3. The number of rotatable bonds is 10. The third-order valence-electron chi connectivity index (χ3n) is 10.2. The molecule has 0 fully saturated rings. The van der Waals surface area contributed by atoms with Crippen LogP contribution in [0.3, 0.4) is 0 Å². The van der Waals surface area contributed by atoms with Gasteiger partial charge in [0.15, 0.2) is 46.0 Å². The van der Waals surface area contributed by atoms with Gasteiger partial charge in [-0.05, 0) is 67.4 Å². The number of hydrogen-bond donors (Lipinski definition) is 2. The monoisotopic (exact) mass is 956 g/mol. The van der Waals surface area contributed by atoms with Gasteiger partial charge in [-0.15, -0.1) is 0 Å². The minimum atomic E-state index is -6.37. The van der Waals surface area contributed by atoms with E-state index in [2.05, 4.69) is 8.37 Å². The first-order chi connectivity index (χ1) is 31.2. The van der Waals surface area contributed by atoms with Gasteiger partial charge in [-0.25, -0.2) is 0 Å². The maximum Gasteiger partial charge on any atom is 0.534 e. The van der Waals surface area contributed by atoms with Crippen LogP contribution in [0.15, 0.2) is 121 Å². The molecule has 0 saturated heterocycles. The second-order valence-corrected chi connectivity index (χ2v) is 17.1. The summed E-state index contributed by atoms with van der Waals surface area (Å²) in [6.07, 6.45) is 0. The van der Waals surface area contributed by atoms with Crippen molar-refractivity contribution in [2.45, 2.75) is 11.0 Å². The van der Waals surface area contributed by atoms with E-state index in [4.69, 9.17) is 18.9 Å². The van der Waals surface area contributed by atoms with Crippen molar-refractivity contribution in [3.8, 4) is 68.2 Å². The number of phenolic OH excluding ortho intramolecular Hbond substituents is 2. The van der Waals surface area contributed by atoms with Crippen molar-refractivity contribution in [1.29, 1.82) is 0 Å². The molecule has 0 heterocycles. The summed E-state index contributed by atoms with van der Waals surface area (Å²) in [5.41, 5.74) is -12.0. The summed E-state index contributed by atoms with van der Waals surface area (Å²) in [7, 11) is -7.76. The van der Waals surface area contributed by atoms with Crippen LogP contribution < -0.4 is 27.3 Å². The number of hydrogen-bond acceptors (Lipinski definition) is 12. The van der Waals surface area contributed by atoms with Crippen molar-refractivity contribution in [3.63, 3.8) is 0 Å². The van der Waals surface area contributed by atoms with Gasteiger partial charge in [0.1, 0.15) is 0 Å². The number of halogens is 6. The van der Waals surface area contributed by atoms with E-state index in [0.717, 1.165) is 47.9 Å². The van der Waals surface area contributed by atoms with Gasteiger partial charge < -0.3 is 37.5 Å². The number of alkyl halides is 6. The molecule has 66 heavy (non-hydrogen) atoms. The van der Waals surface area contributed by atoms with Gasteiger partial charge in [0, 0.05) is 22.3 Å². The molecule has 8 aromatic rings. The smallest absolute Gasteiger partial charge is 0.504 e. The van der Waals surface area contributed by atoms with Crippen LogP contribution in [0.5, 0.6) is 46.0 Å². The Morgan fingerprint density at radius 1 is 0.394 bits per heavy atom. The Bertz CT molecular complexity index is 3190. The van der Waals surface area contributed by atoms with Gasteiger partial charge >= 0.3 is 31.3 Å². The van der Waals surface area contributed by atoms with Crippen molar-refractivity contribution in [3.05, 3.63) is 121 Å². The topological polar surface area (TPSA) is 164 Å². The molecular formula is C46H34F6O12S2. The van der Waals surface area contributed by atoms with E-state index in [1.165, 1.54) is 62.8 Å². The maximum atomic E-state index is 13.4. The molecule has 0 aliphatic rings. The lowest BCUT2D eigenvalue weighted by Gasteiger charge is -2.22. The van der Waals surface area contributed by atoms with Crippen LogP contribution in [0, 0.1) is 0 Å². The van der Waals surface area contributed by atoms with Gasteiger partial charge in [-0.2, -0.15) is 43.2 Å². The fourth-order valence-corrected chi connectivity index (χ4v) is 8.28. The molecule has 0 amide bonds. The Morgan fingerprint density at radius 2 is 0.636 bits per heavy atom. The van der Waals surface area contributed by atoms with E-state index in [1.54, 1.807) is 12.1 Å². The normalized spacial score (nSPS) is 12.2. The molecule has 0 bridgehead atoms. The average Bonchev–Trinajstić information content (AvgIpc) is 3.28. The molecule has 0 saturated carbocycles. The number of ether oxygens (including phenoxy) is 4. The molecule has 20 heteroatoms. The molecular weight excluding hydrogens is 923 g/mol. The van der Waals surface area contributed by atoms with Crippen molar-refractivity contribution < 1.29 is 80.7 Å². The predicted molar refractivity (Wildman–Crippen MR) is 235 cm³/mol. The molecule has 0 aliphatic heterocycles. The minimum absolute atomic E-state index is 0.0140. The minimum Gasteiger partial charge on any atom is -0.504 e. The molecule has 0 aliphatic carbocycles. The van der Waals surface area contributed by atoms with Crippen molar-refractivity contribution in [2.24, 2.45) is 0 Å². The lowest BCUT2D eigenvalue weighted by molar-refractivity contribution is -0.0505. The van der Waals surface area contributed by atoms with Gasteiger partial charge in [0.05, 0.1) is 28.4 Å². The van der Waals surface area contributed by atoms with E-state index in [1.807, 2.05) is 48.5 Å². The summed E-state index contributed by atoms with van der Waals surface area (Å²) < 4.78 is 159. The van der Waals surface area contributed by atoms with Crippen LogP contribution in [-0.4, -0.2) is 66.5 Å². The van der Waals surface area contributed by atoms with Crippen molar-refractivity contribution >= 4 is 63.3 Å². The van der Waals surface area contributed by atoms with Crippen molar-refractivity contribution in [1.82, 2.24) is 0 Å². The zero-order valence-electron chi connectivity index (χ0n) is 34.6. The highest BCUT2D eigenvalue weighted by Crippen LogP contribution is 2.55. The highest BCUT2D eigenvalue weighted by Gasteiger charge is 2.51. The Balaban J connectivity index is 0.000000214. The number of phenols is 2.